The smallest absolute Gasteiger partial charge is 0.273 e. The summed E-state index contributed by atoms with van der Waals surface area (Å²) >= 11 is 5.84. The van der Waals surface area contributed by atoms with E-state index in [4.69, 9.17) is 16.3 Å². The van der Waals surface area contributed by atoms with Gasteiger partial charge in [-0.15, -0.1) is 0 Å². The Morgan fingerprint density at radius 1 is 1.03 bits per heavy atom. The summed E-state index contributed by atoms with van der Waals surface area (Å²) in [6.45, 7) is 0. The van der Waals surface area contributed by atoms with Crippen molar-refractivity contribution in [1.29, 1.82) is 0 Å². The van der Waals surface area contributed by atoms with Crippen LogP contribution in [0, 0.1) is 0 Å². The molecule has 0 aliphatic heterocycles. The number of para-hydroxylation sites is 1. The van der Waals surface area contributed by atoms with Crippen molar-refractivity contribution >= 4 is 35.3 Å². The highest BCUT2D eigenvalue weighted by molar-refractivity contribution is 6.30. The number of methoxy groups -OCH3 is 1. The van der Waals surface area contributed by atoms with Crippen molar-refractivity contribution in [3.05, 3.63) is 88.4 Å². The highest BCUT2D eigenvalue weighted by Crippen LogP contribution is 2.25. The van der Waals surface area contributed by atoms with Gasteiger partial charge in [-0.1, -0.05) is 23.7 Å². The number of anilines is 1. The predicted octanol–water partition coefficient (Wildman–Crippen LogP) is 4.07. The molecule has 0 aliphatic carbocycles. The van der Waals surface area contributed by atoms with Gasteiger partial charge in [-0.3, -0.25) is 9.59 Å². The van der Waals surface area contributed by atoms with Crippen molar-refractivity contribution in [3.8, 4) is 11.5 Å². The molecule has 0 heterocycles. The number of nitrogens with zero attached hydrogens (tertiary/aromatic N) is 1. The van der Waals surface area contributed by atoms with Crippen molar-refractivity contribution in [1.82, 2.24) is 5.43 Å². The number of rotatable bonds is 6. The van der Waals surface area contributed by atoms with Crippen LogP contribution in [0.5, 0.6) is 11.5 Å². The van der Waals surface area contributed by atoms with E-state index in [0.29, 0.717) is 27.6 Å². The van der Waals surface area contributed by atoms with Gasteiger partial charge in [0.05, 0.1) is 24.6 Å². The van der Waals surface area contributed by atoms with E-state index in [1.165, 1.54) is 19.4 Å². The highest BCUT2D eigenvalue weighted by atomic mass is 35.5. The number of aromatic hydroxyl groups is 1. The van der Waals surface area contributed by atoms with Gasteiger partial charge in [-0.05, 0) is 60.2 Å². The Bertz CT molecular complexity index is 1100. The lowest BCUT2D eigenvalue weighted by atomic mass is 10.1. The van der Waals surface area contributed by atoms with Gasteiger partial charge in [-0.2, -0.15) is 5.10 Å². The van der Waals surface area contributed by atoms with E-state index in [2.05, 4.69) is 15.8 Å². The normalized spacial score (nSPS) is 10.6. The zero-order chi connectivity index (χ0) is 21.5. The lowest BCUT2D eigenvalue weighted by Gasteiger charge is -2.10. The lowest BCUT2D eigenvalue weighted by Crippen LogP contribution is -2.21. The molecule has 7 nitrogen and oxygen atoms in total. The second kappa shape index (κ2) is 9.58. The molecule has 30 heavy (non-hydrogen) atoms. The molecule has 0 radical (unpaired) electrons. The Morgan fingerprint density at radius 3 is 2.50 bits per heavy atom. The van der Waals surface area contributed by atoms with Gasteiger partial charge in [0.15, 0.2) is 11.5 Å². The molecule has 3 aromatic rings. The van der Waals surface area contributed by atoms with Crippen LogP contribution in [-0.2, 0) is 0 Å². The zero-order valence-electron chi connectivity index (χ0n) is 15.9. The molecule has 152 valence electrons. The summed E-state index contributed by atoms with van der Waals surface area (Å²) in [5.74, 6) is -0.569. The molecular formula is C22H18ClN3O4. The summed E-state index contributed by atoms with van der Waals surface area (Å²) in [6.07, 6.45) is 1.41. The molecule has 0 atom stereocenters. The maximum absolute atomic E-state index is 12.5. The fraction of sp³-hybridized carbons (Fsp3) is 0.0455. The van der Waals surface area contributed by atoms with Crippen molar-refractivity contribution in [2.45, 2.75) is 0 Å². The van der Waals surface area contributed by atoms with Crippen molar-refractivity contribution in [3.63, 3.8) is 0 Å². The zero-order valence-corrected chi connectivity index (χ0v) is 16.7. The fourth-order valence-corrected chi connectivity index (χ4v) is 2.71. The number of hydrazone groups is 1. The van der Waals surface area contributed by atoms with Crippen LogP contribution in [0.3, 0.4) is 0 Å². The second-order valence-corrected chi connectivity index (χ2v) is 6.57. The molecule has 8 heteroatoms. The van der Waals surface area contributed by atoms with Crippen LogP contribution in [0.2, 0.25) is 5.02 Å². The van der Waals surface area contributed by atoms with Crippen LogP contribution in [-0.4, -0.2) is 30.2 Å². The molecule has 0 fully saturated rings. The molecule has 3 aromatic carbocycles. The minimum Gasteiger partial charge on any atom is -0.504 e. The third kappa shape index (κ3) is 5.15. The van der Waals surface area contributed by atoms with Gasteiger partial charge in [-0.25, -0.2) is 5.43 Å². The summed E-state index contributed by atoms with van der Waals surface area (Å²) in [5, 5.41) is 16.8. The number of phenols is 1. The summed E-state index contributed by atoms with van der Waals surface area (Å²) in [7, 11) is 1.44. The van der Waals surface area contributed by atoms with Gasteiger partial charge in [0.1, 0.15) is 0 Å². The molecule has 2 amide bonds. The third-order valence-electron chi connectivity index (χ3n) is 4.11. The van der Waals surface area contributed by atoms with Gasteiger partial charge in [0.2, 0.25) is 0 Å². The van der Waals surface area contributed by atoms with Gasteiger partial charge < -0.3 is 15.2 Å². The SMILES string of the molecule is COc1cc(C=NNC(=O)c2ccccc2NC(=O)c2ccc(Cl)cc2)ccc1O. The molecule has 0 bridgehead atoms. The first-order valence-electron chi connectivity index (χ1n) is 8.84. The highest BCUT2D eigenvalue weighted by Gasteiger charge is 2.13. The lowest BCUT2D eigenvalue weighted by molar-refractivity contribution is 0.0956. The maximum Gasteiger partial charge on any atom is 0.273 e. The quantitative estimate of drug-likeness (QED) is 0.411. The molecule has 0 aromatic heterocycles. The number of hydrogen-bond acceptors (Lipinski definition) is 5. The van der Waals surface area contributed by atoms with E-state index in [1.54, 1.807) is 60.7 Å². The standard InChI is InChI=1S/C22H18ClN3O4/c1-30-20-12-14(6-11-19(20)27)13-24-26-22(29)17-4-2-3-5-18(17)25-21(28)15-7-9-16(23)10-8-15/h2-13,27H,1H3,(H,25,28)(H,26,29). The summed E-state index contributed by atoms with van der Waals surface area (Å²) in [6, 6.07) is 17.7. The Labute approximate surface area is 178 Å². The average Bonchev–Trinajstić information content (AvgIpc) is 2.75. The Morgan fingerprint density at radius 2 is 1.77 bits per heavy atom. The number of halogens is 1. The van der Waals surface area contributed by atoms with E-state index >= 15 is 0 Å². The number of benzene rings is 3. The largest absolute Gasteiger partial charge is 0.504 e. The minimum absolute atomic E-state index is 0.00374. The first-order valence-corrected chi connectivity index (χ1v) is 9.22. The summed E-state index contributed by atoms with van der Waals surface area (Å²) < 4.78 is 5.03. The molecule has 0 spiro atoms. The van der Waals surface area contributed by atoms with Crippen molar-refractivity contribution in [2.24, 2.45) is 5.10 Å². The topological polar surface area (TPSA) is 100 Å². The van der Waals surface area contributed by atoms with Crippen LogP contribution >= 0.6 is 11.6 Å². The van der Waals surface area contributed by atoms with E-state index in [-0.39, 0.29) is 17.2 Å². The number of ether oxygens (including phenoxy) is 1. The van der Waals surface area contributed by atoms with Crippen molar-refractivity contribution in [2.75, 3.05) is 12.4 Å². The van der Waals surface area contributed by atoms with Crippen LogP contribution in [0.4, 0.5) is 5.69 Å². The molecule has 0 unspecified atom stereocenters. The van der Waals surface area contributed by atoms with Gasteiger partial charge in [0.25, 0.3) is 11.8 Å². The van der Waals surface area contributed by atoms with E-state index < -0.39 is 5.91 Å². The number of nitrogens with one attached hydrogen (secondary N) is 2. The first-order chi connectivity index (χ1) is 14.5. The average molecular weight is 424 g/mol. The maximum atomic E-state index is 12.5. The first kappa shape index (κ1) is 20.9. The Hall–Kier alpha value is -3.84. The van der Waals surface area contributed by atoms with Crippen LogP contribution < -0.4 is 15.5 Å². The summed E-state index contributed by atoms with van der Waals surface area (Å²) in [4.78, 5) is 25.0. The minimum atomic E-state index is -0.496. The predicted molar refractivity (Wildman–Crippen MR) is 116 cm³/mol. The van der Waals surface area contributed by atoms with Crippen molar-refractivity contribution < 1.29 is 19.4 Å². The number of hydrogen-bond donors (Lipinski definition) is 3. The van der Waals surface area contributed by atoms with Gasteiger partial charge >= 0.3 is 0 Å². The Kier molecular flexibility index (Phi) is 6.67. The molecule has 0 aliphatic rings. The number of carbonyl (C=O) groups excluding carboxylic acids is 2. The molecule has 3 rings (SSSR count). The van der Waals surface area contributed by atoms with Crippen LogP contribution in [0.1, 0.15) is 26.3 Å². The third-order valence-corrected chi connectivity index (χ3v) is 4.36. The Balaban J connectivity index is 1.71. The van der Waals surface area contributed by atoms with E-state index in [1.807, 2.05) is 0 Å². The van der Waals surface area contributed by atoms with Gasteiger partial charge in [0, 0.05) is 10.6 Å². The molecule has 3 N–H and O–H groups in total. The number of phenolic OH excluding ortho intramolecular Hbond substituents is 1. The number of carbonyl (C=O) groups is 2. The molecule has 0 saturated carbocycles. The number of amides is 2. The molecule has 0 saturated heterocycles. The summed E-state index contributed by atoms with van der Waals surface area (Å²) in [5.41, 5.74) is 4.04. The van der Waals surface area contributed by atoms with E-state index in [0.717, 1.165) is 0 Å². The van der Waals surface area contributed by atoms with Crippen LogP contribution in [0.25, 0.3) is 0 Å². The van der Waals surface area contributed by atoms with E-state index in [9.17, 15) is 14.7 Å². The second-order valence-electron chi connectivity index (χ2n) is 6.14. The van der Waals surface area contributed by atoms with Crippen LogP contribution in [0.15, 0.2) is 71.8 Å². The fourth-order valence-electron chi connectivity index (χ4n) is 2.59. The molecular weight excluding hydrogens is 406 g/mol. The monoisotopic (exact) mass is 423 g/mol.